The van der Waals surface area contributed by atoms with Crippen molar-refractivity contribution in [2.24, 2.45) is 0 Å². The van der Waals surface area contributed by atoms with Crippen molar-refractivity contribution in [1.29, 1.82) is 0 Å². The van der Waals surface area contributed by atoms with Crippen LogP contribution in [0.4, 0.5) is 5.69 Å². The molecule has 0 aliphatic carbocycles. The summed E-state index contributed by atoms with van der Waals surface area (Å²) < 4.78 is 0. The van der Waals surface area contributed by atoms with E-state index in [-0.39, 0.29) is 0 Å². The van der Waals surface area contributed by atoms with E-state index in [9.17, 15) is 0 Å². The smallest absolute Gasteiger partial charge is 0.190 e. The van der Waals surface area contributed by atoms with Crippen molar-refractivity contribution in [2.75, 3.05) is 5.32 Å². The topological polar surface area (TPSA) is 38.2 Å². The zero-order valence-corrected chi connectivity index (χ0v) is 12.4. The van der Waals surface area contributed by atoms with Gasteiger partial charge in [-0.05, 0) is 43.6 Å². The molecule has 2 rings (SSSR count). The second-order valence-corrected chi connectivity index (χ2v) is 5.22. The van der Waals surface area contributed by atoms with Gasteiger partial charge in [0, 0.05) is 12.1 Å². The maximum atomic E-state index is 5.31. The average Bonchev–Trinajstić information content (AvgIpc) is 2.47. The van der Waals surface area contributed by atoms with Gasteiger partial charge in [0.2, 0.25) is 0 Å². The van der Waals surface area contributed by atoms with E-state index >= 15 is 0 Å². The predicted molar refractivity (Wildman–Crippen MR) is 86.6 cm³/mol. The first-order valence-corrected chi connectivity index (χ1v) is 7.22. The van der Waals surface area contributed by atoms with Crippen molar-refractivity contribution in [2.45, 2.75) is 25.8 Å². The molecule has 1 aromatic heterocycles. The van der Waals surface area contributed by atoms with Crippen LogP contribution in [0, 0.1) is 0 Å². The number of hydrogen-bond donors (Lipinski definition) is 2. The predicted octanol–water partition coefficient (Wildman–Crippen LogP) is 2.81. The SMILES string of the molecule is CC(CCc1ccccc1)NC(=S)Nc1ccc[nH+]c1. The van der Waals surface area contributed by atoms with Crippen molar-refractivity contribution >= 4 is 23.0 Å². The standard InChI is InChI=1S/C16H19N3S/c1-13(9-10-14-6-3-2-4-7-14)18-16(20)19-15-8-5-11-17-12-15/h2-8,11-13H,9-10H2,1H3,(H2,18,19,20)/p+1. The van der Waals surface area contributed by atoms with Crippen LogP contribution in [0.2, 0.25) is 0 Å². The van der Waals surface area contributed by atoms with Gasteiger partial charge >= 0.3 is 0 Å². The largest absolute Gasteiger partial charge is 0.360 e. The van der Waals surface area contributed by atoms with E-state index in [0.29, 0.717) is 11.2 Å². The van der Waals surface area contributed by atoms with Gasteiger partial charge in [-0.25, -0.2) is 4.98 Å². The third kappa shape index (κ3) is 4.97. The van der Waals surface area contributed by atoms with Gasteiger partial charge in [-0.15, -0.1) is 0 Å². The summed E-state index contributed by atoms with van der Waals surface area (Å²) in [5, 5.41) is 7.12. The first kappa shape index (κ1) is 14.5. The molecule has 20 heavy (non-hydrogen) atoms. The summed E-state index contributed by atoms with van der Waals surface area (Å²) in [5.41, 5.74) is 2.32. The molecule has 0 aliphatic rings. The lowest BCUT2D eigenvalue weighted by Gasteiger charge is -2.16. The number of aryl methyl sites for hydroxylation is 1. The van der Waals surface area contributed by atoms with Crippen LogP contribution in [0.1, 0.15) is 18.9 Å². The summed E-state index contributed by atoms with van der Waals surface area (Å²) in [5.74, 6) is 0. The Labute approximate surface area is 125 Å². The molecule has 0 radical (unpaired) electrons. The number of pyridine rings is 1. The van der Waals surface area contributed by atoms with Crippen molar-refractivity contribution in [3.63, 3.8) is 0 Å². The van der Waals surface area contributed by atoms with E-state index in [1.165, 1.54) is 5.56 Å². The van der Waals surface area contributed by atoms with Crippen LogP contribution in [0.25, 0.3) is 0 Å². The second-order valence-electron chi connectivity index (χ2n) is 4.82. The second kappa shape index (κ2) is 7.60. The van der Waals surface area contributed by atoms with Crippen molar-refractivity contribution in [1.82, 2.24) is 5.32 Å². The summed E-state index contributed by atoms with van der Waals surface area (Å²) in [4.78, 5) is 3.02. The lowest BCUT2D eigenvalue weighted by molar-refractivity contribution is -0.377. The zero-order chi connectivity index (χ0) is 14.2. The number of aromatic nitrogens is 1. The number of H-pyrrole nitrogens is 1. The van der Waals surface area contributed by atoms with E-state index in [1.807, 2.05) is 30.6 Å². The normalized spacial score (nSPS) is 11.7. The van der Waals surface area contributed by atoms with E-state index in [2.05, 4.69) is 46.8 Å². The van der Waals surface area contributed by atoms with Crippen LogP contribution in [0.15, 0.2) is 54.9 Å². The van der Waals surface area contributed by atoms with Gasteiger partial charge in [0.1, 0.15) is 5.69 Å². The van der Waals surface area contributed by atoms with Gasteiger partial charge in [-0.3, -0.25) is 0 Å². The zero-order valence-electron chi connectivity index (χ0n) is 11.6. The fourth-order valence-electron chi connectivity index (χ4n) is 1.96. The van der Waals surface area contributed by atoms with Crippen molar-refractivity contribution in [3.8, 4) is 0 Å². The minimum atomic E-state index is 0.336. The van der Waals surface area contributed by atoms with Crippen LogP contribution in [0.3, 0.4) is 0 Å². The Morgan fingerprint density at radius 1 is 1.20 bits per heavy atom. The summed E-state index contributed by atoms with van der Waals surface area (Å²) in [6.45, 7) is 2.15. The molecule has 4 heteroatoms. The third-order valence-corrected chi connectivity index (χ3v) is 3.27. The van der Waals surface area contributed by atoms with Crippen molar-refractivity contribution in [3.05, 3.63) is 60.4 Å². The van der Waals surface area contributed by atoms with E-state index in [4.69, 9.17) is 12.2 Å². The Morgan fingerprint density at radius 2 is 2.00 bits per heavy atom. The fourth-order valence-corrected chi connectivity index (χ4v) is 2.28. The Kier molecular flexibility index (Phi) is 5.50. The van der Waals surface area contributed by atoms with Crippen LogP contribution in [-0.2, 0) is 6.42 Å². The highest BCUT2D eigenvalue weighted by Gasteiger charge is 2.05. The van der Waals surface area contributed by atoms with E-state index in [1.54, 1.807) is 0 Å². The molecule has 104 valence electrons. The molecule has 0 saturated carbocycles. The molecule has 1 aromatic carbocycles. The van der Waals surface area contributed by atoms with Gasteiger partial charge in [-0.1, -0.05) is 30.3 Å². The summed E-state index contributed by atoms with van der Waals surface area (Å²) in [6.07, 6.45) is 5.84. The van der Waals surface area contributed by atoms with Gasteiger partial charge in [-0.2, -0.15) is 0 Å². The number of thiocarbonyl (C=S) groups is 1. The number of nitrogens with one attached hydrogen (secondary N) is 3. The lowest BCUT2D eigenvalue weighted by atomic mass is 10.1. The van der Waals surface area contributed by atoms with Crippen LogP contribution >= 0.6 is 12.2 Å². The maximum Gasteiger partial charge on any atom is 0.190 e. The quantitative estimate of drug-likeness (QED) is 0.830. The first-order chi connectivity index (χ1) is 9.74. The molecule has 1 atom stereocenters. The highest BCUT2D eigenvalue weighted by molar-refractivity contribution is 7.80. The highest BCUT2D eigenvalue weighted by atomic mass is 32.1. The molecular formula is C16H20N3S+. The molecule has 1 unspecified atom stereocenters. The molecular weight excluding hydrogens is 266 g/mol. The Morgan fingerprint density at radius 3 is 2.70 bits per heavy atom. The average molecular weight is 286 g/mol. The van der Waals surface area contributed by atoms with Gasteiger partial charge in [0.05, 0.1) is 0 Å². The number of rotatable bonds is 5. The molecule has 0 aliphatic heterocycles. The van der Waals surface area contributed by atoms with Gasteiger partial charge in [0.15, 0.2) is 17.5 Å². The molecule has 0 amide bonds. The minimum absolute atomic E-state index is 0.336. The molecule has 0 bridgehead atoms. The van der Waals surface area contributed by atoms with Crippen LogP contribution < -0.4 is 15.6 Å². The third-order valence-electron chi connectivity index (χ3n) is 3.05. The fraction of sp³-hybridized carbons (Fsp3) is 0.250. The summed E-state index contributed by atoms with van der Waals surface area (Å²) >= 11 is 5.31. The summed E-state index contributed by atoms with van der Waals surface area (Å²) in [7, 11) is 0. The minimum Gasteiger partial charge on any atom is -0.360 e. The number of benzene rings is 1. The maximum absolute atomic E-state index is 5.31. The number of hydrogen-bond acceptors (Lipinski definition) is 1. The Bertz CT molecular complexity index is 528. The molecule has 0 saturated heterocycles. The lowest BCUT2D eigenvalue weighted by Crippen LogP contribution is -2.36. The molecule has 3 nitrogen and oxygen atoms in total. The van der Waals surface area contributed by atoms with Gasteiger partial charge in [0.25, 0.3) is 0 Å². The Balaban J connectivity index is 1.74. The molecule has 0 spiro atoms. The molecule has 3 N–H and O–H groups in total. The first-order valence-electron chi connectivity index (χ1n) is 6.81. The van der Waals surface area contributed by atoms with Gasteiger partial charge < -0.3 is 10.6 Å². The van der Waals surface area contributed by atoms with E-state index < -0.39 is 0 Å². The molecule has 0 fully saturated rings. The van der Waals surface area contributed by atoms with Crippen LogP contribution in [-0.4, -0.2) is 11.2 Å². The Hall–Kier alpha value is -1.94. The van der Waals surface area contributed by atoms with Crippen LogP contribution in [0.5, 0.6) is 0 Å². The monoisotopic (exact) mass is 286 g/mol. The number of anilines is 1. The molecule has 2 aromatic rings. The molecule has 1 heterocycles. The number of aromatic amines is 1. The van der Waals surface area contributed by atoms with Crippen molar-refractivity contribution < 1.29 is 4.98 Å². The summed E-state index contributed by atoms with van der Waals surface area (Å²) in [6, 6.07) is 14.7. The highest BCUT2D eigenvalue weighted by Crippen LogP contribution is 2.05. The van der Waals surface area contributed by atoms with E-state index in [0.717, 1.165) is 18.5 Å².